The predicted molar refractivity (Wildman–Crippen MR) is 81.9 cm³/mol. The zero-order valence-corrected chi connectivity index (χ0v) is 12.8. The summed E-state index contributed by atoms with van der Waals surface area (Å²) in [6, 6.07) is 12.0. The Kier molecular flexibility index (Phi) is 4.17. The van der Waals surface area contributed by atoms with Crippen LogP contribution in [0.25, 0.3) is 0 Å². The minimum atomic E-state index is -0.909. The fourth-order valence-corrected chi connectivity index (χ4v) is 2.96. The molecule has 0 aromatic heterocycles. The Bertz CT molecular complexity index is 483. The number of hydrogen-bond donors (Lipinski definition) is 1. The van der Waals surface area contributed by atoms with Crippen LogP contribution in [0.3, 0.4) is 0 Å². The van der Waals surface area contributed by atoms with Crippen molar-refractivity contribution in [3.63, 3.8) is 0 Å². The Labute approximate surface area is 122 Å². The first-order valence-electron chi connectivity index (χ1n) is 7.33. The van der Waals surface area contributed by atoms with Crippen LogP contribution in [0.1, 0.15) is 32.8 Å². The molecule has 2 atom stereocenters. The minimum Gasteiger partial charge on any atom is -0.309 e. The van der Waals surface area contributed by atoms with Crippen molar-refractivity contribution in [1.82, 2.24) is 4.90 Å². The van der Waals surface area contributed by atoms with Crippen LogP contribution in [0.15, 0.2) is 30.3 Å². The predicted octanol–water partition coefficient (Wildman–Crippen LogP) is 2.73. The lowest BCUT2D eigenvalue weighted by Gasteiger charge is -2.30. The highest BCUT2D eigenvalue weighted by Gasteiger charge is 2.36. The summed E-state index contributed by atoms with van der Waals surface area (Å²) in [6.45, 7) is 9.56. The second-order valence-corrected chi connectivity index (χ2v) is 7.04. The Balaban J connectivity index is 2.08. The van der Waals surface area contributed by atoms with E-state index in [0.717, 1.165) is 18.7 Å². The number of nitrogens with zero attached hydrogens (tertiary/aromatic N) is 2. The molecule has 3 heteroatoms. The molecule has 0 spiro atoms. The van der Waals surface area contributed by atoms with Crippen LogP contribution >= 0.6 is 0 Å². The highest BCUT2D eigenvalue weighted by Crippen LogP contribution is 2.34. The first kappa shape index (κ1) is 15.0. The number of nitriles is 1. The van der Waals surface area contributed by atoms with Crippen LogP contribution in [-0.4, -0.2) is 24.5 Å². The van der Waals surface area contributed by atoms with Crippen molar-refractivity contribution in [2.75, 3.05) is 19.6 Å². The standard InChI is InChI=1S/C17H25N3/c1-16(2,3)15-9-10-20(11-15)13-17(19,12-18)14-7-5-4-6-8-14/h4-8,15H,9-11,13,19H2,1-3H3. The van der Waals surface area contributed by atoms with Crippen LogP contribution in [0.2, 0.25) is 0 Å². The molecular formula is C17H25N3. The molecule has 0 radical (unpaired) electrons. The molecule has 1 aliphatic rings. The van der Waals surface area contributed by atoms with Crippen LogP contribution in [0.4, 0.5) is 0 Å². The first-order valence-corrected chi connectivity index (χ1v) is 7.33. The van der Waals surface area contributed by atoms with Gasteiger partial charge in [-0.1, -0.05) is 51.1 Å². The van der Waals surface area contributed by atoms with E-state index < -0.39 is 5.54 Å². The summed E-state index contributed by atoms with van der Waals surface area (Å²) < 4.78 is 0. The van der Waals surface area contributed by atoms with Crippen LogP contribution < -0.4 is 5.73 Å². The van der Waals surface area contributed by atoms with E-state index >= 15 is 0 Å². The van der Waals surface area contributed by atoms with Gasteiger partial charge in [-0.2, -0.15) is 5.26 Å². The molecule has 0 bridgehead atoms. The zero-order chi connectivity index (χ0) is 14.8. The molecule has 1 aliphatic heterocycles. The molecule has 1 heterocycles. The summed E-state index contributed by atoms with van der Waals surface area (Å²) in [5.41, 5.74) is 6.67. The van der Waals surface area contributed by atoms with E-state index in [1.807, 2.05) is 30.3 Å². The summed E-state index contributed by atoms with van der Waals surface area (Å²) in [6.07, 6.45) is 1.19. The Morgan fingerprint density at radius 1 is 1.30 bits per heavy atom. The quantitative estimate of drug-likeness (QED) is 0.919. The molecule has 3 nitrogen and oxygen atoms in total. The Morgan fingerprint density at radius 3 is 2.45 bits per heavy atom. The van der Waals surface area contributed by atoms with E-state index in [-0.39, 0.29) is 0 Å². The largest absolute Gasteiger partial charge is 0.309 e. The van der Waals surface area contributed by atoms with Crippen molar-refractivity contribution in [2.24, 2.45) is 17.1 Å². The van der Waals surface area contributed by atoms with Gasteiger partial charge in [0, 0.05) is 13.1 Å². The normalized spacial score (nSPS) is 23.2. The van der Waals surface area contributed by atoms with Gasteiger partial charge in [-0.3, -0.25) is 4.90 Å². The molecule has 2 unspecified atom stereocenters. The summed E-state index contributed by atoms with van der Waals surface area (Å²) in [5, 5.41) is 9.52. The van der Waals surface area contributed by atoms with E-state index in [1.54, 1.807) is 0 Å². The second kappa shape index (κ2) is 5.55. The van der Waals surface area contributed by atoms with Crippen molar-refractivity contribution < 1.29 is 0 Å². The number of hydrogen-bond acceptors (Lipinski definition) is 3. The molecule has 20 heavy (non-hydrogen) atoms. The molecule has 0 amide bonds. The van der Waals surface area contributed by atoms with Crippen molar-refractivity contribution in [3.8, 4) is 6.07 Å². The van der Waals surface area contributed by atoms with Gasteiger partial charge in [-0.25, -0.2) is 0 Å². The maximum atomic E-state index is 9.52. The third-order valence-electron chi connectivity index (χ3n) is 4.46. The monoisotopic (exact) mass is 271 g/mol. The summed E-state index contributed by atoms with van der Waals surface area (Å²) in [5.74, 6) is 0.682. The number of likely N-dealkylation sites (tertiary alicyclic amines) is 1. The molecular weight excluding hydrogens is 246 g/mol. The lowest BCUT2D eigenvalue weighted by Crippen LogP contribution is -2.46. The number of rotatable bonds is 3. The molecule has 1 saturated heterocycles. The molecule has 1 fully saturated rings. The van der Waals surface area contributed by atoms with Gasteiger partial charge in [0.15, 0.2) is 0 Å². The average molecular weight is 271 g/mol. The SMILES string of the molecule is CC(C)(C)C1CCN(CC(N)(C#N)c2ccccc2)C1. The van der Waals surface area contributed by atoms with Crippen molar-refractivity contribution in [3.05, 3.63) is 35.9 Å². The molecule has 2 N–H and O–H groups in total. The maximum Gasteiger partial charge on any atom is 0.142 e. The summed E-state index contributed by atoms with van der Waals surface area (Å²) in [7, 11) is 0. The van der Waals surface area contributed by atoms with Gasteiger partial charge in [0.2, 0.25) is 0 Å². The van der Waals surface area contributed by atoms with Crippen molar-refractivity contribution in [1.29, 1.82) is 5.26 Å². The average Bonchev–Trinajstić information content (AvgIpc) is 2.88. The van der Waals surface area contributed by atoms with Crippen LogP contribution in [0, 0.1) is 22.7 Å². The number of nitrogens with two attached hydrogens (primary N) is 1. The van der Waals surface area contributed by atoms with Crippen LogP contribution in [-0.2, 0) is 5.54 Å². The molecule has 0 aliphatic carbocycles. The fourth-order valence-electron chi connectivity index (χ4n) is 2.96. The van der Waals surface area contributed by atoms with Gasteiger partial charge in [0.1, 0.15) is 5.54 Å². The summed E-state index contributed by atoms with van der Waals surface area (Å²) in [4.78, 5) is 2.34. The first-order chi connectivity index (χ1) is 9.35. The van der Waals surface area contributed by atoms with Gasteiger partial charge >= 0.3 is 0 Å². The lowest BCUT2D eigenvalue weighted by atomic mass is 9.80. The Morgan fingerprint density at radius 2 is 1.95 bits per heavy atom. The number of benzene rings is 1. The van der Waals surface area contributed by atoms with E-state index in [2.05, 4.69) is 31.7 Å². The maximum absolute atomic E-state index is 9.52. The molecule has 108 valence electrons. The van der Waals surface area contributed by atoms with Gasteiger partial charge in [0.25, 0.3) is 0 Å². The third kappa shape index (κ3) is 3.20. The van der Waals surface area contributed by atoms with Crippen molar-refractivity contribution in [2.45, 2.75) is 32.7 Å². The Hall–Kier alpha value is -1.37. The fraction of sp³-hybridized carbons (Fsp3) is 0.588. The highest BCUT2D eigenvalue weighted by molar-refractivity contribution is 5.31. The van der Waals surface area contributed by atoms with Gasteiger partial charge in [0.05, 0.1) is 6.07 Å². The lowest BCUT2D eigenvalue weighted by molar-refractivity contribution is 0.215. The third-order valence-corrected chi connectivity index (χ3v) is 4.46. The topological polar surface area (TPSA) is 53.0 Å². The van der Waals surface area contributed by atoms with Gasteiger partial charge in [-0.15, -0.1) is 0 Å². The van der Waals surface area contributed by atoms with Crippen LogP contribution in [0.5, 0.6) is 0 Å². The minimum absolute atomic E-state index is 0.325. The van der Waals surface area contributed by atoms with Gasteiger partial charge < -0.3 is 5.73 Å². The van der Waals surface area contributed by atoms with Crippen molar-refractivity contribution >= 4 is 0 Å². The second-order valence-electron chi connectivity index (χ2n) is 7.04. The highest BCUT2D eigenvalue weighted by atomic mass is 15.2. The van der Waals surface area contributed by atoms with E-state index in [9.17, 15) is 5.26 Å². The molecule has 1 aromatic carbocycles. The van der Waals surface area contributed by atoms with E-state index in [1.165, 1.54) is 6.42 Å². The molecule has 2 rings (SSSR count). The summed E-state index contributed by atoms with van der Waals surface area (Å²) >= 11 is 0. The smallest absolute Gasteiger partial charge is 0.142 e. The molecule has 0 saturated carbocycles. The van der Waals surface area contributed by atoms with E-state index in [4.69, 9.17) is 5.73 Å². The molecule has 1 aromatic rings. The zero-order valence-electron chi connectivity index (χ0n) is 12.8. The van der Waals surface area contributed by atoms with E-state index in [0.29, 0.717) is 17.9 Å². The van der Waals surface area contributed by atoms with Gasteiger partial charge in [-0.05, 0) is 29.9 Å².